The zero-order chi connectivity index (χ0) is 29.2. The van der Waals surface area contributed by atoms with Crippen LogP contribution in [0.5, 0.6) is 17.2 Å². The third-order valence-corrected chi connectivity index (χ3v) is 7.36. The van der Waals surface area contributed by atoms with Gasteiger partial charge in [0.05, 0.1) is 36.0 Å². The number of rotatable bonds is 6. The molecule has 10 nitrogen and oxygen atoms in total. The number of fused-ring (bicyclic) bond motifs is 1. The predicted octanol–water partition coefficient (Wildman–Crippen LogP) is 4.47. The highest BCUT2D eigenvalue weighted by Crippen LogP contribution is 2.39. The van der Waals surface area contributed by atoms with Crippen LogP contribution in [0, 0.1) is 6.92 Å². The summed E-state index contributed by atoms with van der Waals surface area (Å²) in [5.74, 6) is 2.67. The van der Waals surface area contributed by atoms with Crippen LogP contribution >= 0.6 is 11.8 Å². The fourth-order valence-corrected chi connectivity index (χ4v) is 4.97. The Morgan fingerprint density at radius 3 is 2.34 bits per heavy atom. The highest BCUT2D eigenvalue weighted by atomic mass is 32.2. The average molecular weight is 581 g/mol. The first kappa shape index (κ1) is 30.0. The third kappa shape index (κ3) is 8.06. The van der Waals surface area contributed by atoms with E-state index >= 15 is 0 Å². The first-order valence-electron chi connectivity index (χ1n) is 13.3. The van der Waals surface area contributed by atoms with Crippen LogP contribution in [0.4, 0.5) is 21.9 Å². The number of ether oxygens (including phenoxy) is 3. The molecule has 3 N–H and O–H groups in total. The fourth-order valence-electron chi connectivity index (χ4n) is 4.45. The number of hydrogen-bond donors (Lipinski definition) is 3. The van der Waals surface area contributed by atoms with Crippen LogP contribution in [0.2, 0.25) is 0 Å². The number of hydrogen-bond acceptors (Lipinski definition) is 10. The molecule has 0 saturated carbocycles. The van der Waals surface area contributed by atoms with Crippen LogP contribution in [0.25, 0.3) is 0 Å². The summed E-state index contributed by atoms with van der Waals surface area (Å²) in [6.07, 6.45) is 0.0576. The van der Waals surface area contributed by atoms with Gasteiger partial charge in [-0.05, 0) is 43.3 Å². The van der Waals surface area contributed by atoms with E-state index in [1.54, 1.807) is 0 Å². The van der Waals surface area contributed by atoms with E-state index in [9.17, 15) is 9.59 Å². The molecule has 41 heavy (non-hydrogen) atoms. The number of morpholine rings is 1. The second kappa shape index (κ2) is 14.6. The van der Waals surface area contributed by atoms with Crippen molar-refractivity contribution in [2.45, 2.75) is 13.1 Å². The van der Waals surface area contributed by atoms with Crippen LogP contribution in [0.3, 0.4) is 0 Å². The van der Waals surface area contributed by atoms with E-state index in [-0.39, 0.29) is 17.3 Å². The third-order valence-electron chi connectivity index (χ3n) is 6.59. The number of carbonyl (C=O) groups excluding carboxylic acids is 2. The number of benzene rings is 3. The lowest BCUT2D eigenvalue weighted by molar-refractivity contribution is -0.117. The Kier molecular flexibility index (Phi) is 10.7. The largest absolute Gasteiger partial charge is 0.489 e. The number of aryl methyl sites for hydroxylation is 1. The Labute approximate surface area is 244 Å². The molecule has 2 saturated heterocycles. The molecule has 0 radical (unpaired) electrons. The van der Waals surface area contributed by atoms with Crippen molar-refractivity contribution >= 4 is 40.0 Å². The molecule has 3 aromatic rings. The minimum atomic E-state index is -0.231. The van der Waals surface area contributed by atoms with Gasteiger partial charge in [0.1, 0.15) is 24.3 Å². The molecule has 0 spiro atoms. The molecule has 0 bridgehead atoms. The molecular weight excluding hydrogens is 544 g/mol. The van der Waals surface area contributed by atoms with Gasteiger partial charge in [0, 0.05) is 33.3 Å². The number of carbonyl (C=O) groups is 2. The Bertz CT molecular complexity index is 1300. The molecule has 1 atom stereocenters. The molecule has 2 amide bonds. The summed E-state index contributed by atoms with van der Waals surface area (Å²) in [5.41, 5.74) is 4.51. The zero-order valence-electron chi connectivity index (χ0n) is 23.5. The standard InChI is InChI=1S/C26H29N3O3.C3H3NO2S.CH4O/c1-19-7-9-20(10-8-19)31-18-26-27-22-12-11-21(17-24(22)28(26)2)32-25-6-4-3-5-23(25)29-13-15-30-16-14-29;5-2-1-7-3(6)4-2;1-2/h3-12,17,26-27H,13-16,18H2,1-2H3;1H2,(H,4,5,6);2H,1H3. The van der Waals surface area contributed by atoms with E-state index in [0.29, 0.717) is 12.4 Å². The van der Waals surface area contributed by atoms with Gasteiger partial charge in [-0.1, -0.05) is 41.6 Å². The van der Waals surface area contributed by atoms with Crippen molar-refractivity contribution in [3.63, 3.8) is 0 Å². The molecule has 11 heteroatoms. The van der Waals surface area contributed by atoms with Gasteiger partial charge in [-0.25, -0.2) is 0 Å². The quantitative estimate of drug-likeness (QED) is 0.386. The summed E-state index contributed by atoms with van der Waals surface area (Å²) in [7, 11) is 3.08. The zero-order valence-corrected chi connectivity index (χ0v) is 24.3. The lowest BCUT2D eigenvalue weighted by Gasteiger charge is -2.30. The van der Waals surface area contributed by atoms with E-state index in [1.165, 1.54) is 5.56 Å². The molecule has 3 aliphatic heterocycles. The number of anilines is 3. The Balaban J connectivity index is 0.000000372. The van der Waals surface area contributed by atoms with Crippen molar-refractivity contribution in [2.24, 2.45) is 0 Å². The average Bonchev–Trinajstić information content (AvgIpc) is 3.55. The van der Waals surface area contributed by atoms with Crippen molar-refractivity contribution in [3.8, 4) is 17.2 Å². The normalized spacial score (nSPS) is 17.3. The summed E-state index contributed by atoms with van der Waals surface area (Å²) in [5, 5.41) is 12.4. The minimum Gasteiger partial charge on any atom is -0.489 e. The van der Waals surface area contributed by atoms with Crippen LogP contribution in [-0.4, -0.2) is 75.2 Å². The number of para-hydroxylation sites is 2. The van der Waals surface area contributed by atoms with Crippen LogP contribution in [0.15, 0.2) is 66.7 Å². The van der Waals surface area contributed by atoms with Crippen LogP contribution in [-0.2, 0) is 9.53 Å². The Morgan fingerprint density at radius 2 is 1.68 bits per heavy atom. The summed E-state index contributed by atoms with van der Waals surface area (Å²) >= 11 is 1.01. The molecule has 1 unspecified atom stereocenters. The highest BCUT2D eigenvalue weighted by molar-refractivity contribution is 8.14. The topological polar surface area (TPSA) is 113 Å². The van der Waals surface area contributed by atoms with Crippen molar-refractivity contribution in [1.82, 2.24) is 5.32 Å². The first-order valence-corrected chi connectivity index (χ1v) is 14.3. The summed E-state index contributed by atoms with van der Waals surface area (Å²) in [4.78, 5) is 24.7. The van der Waals surface area contributed by atoms with Crippen molar-refractivity contribution in [3.05, 3.63) is 72.3 Å². The van der Waals surface area contributed by atoms with Gasteiger partial charge in [0.15, 0.2) is 5.75 Å². The van der Waals surface area contributed by atoms with E-state index < -0.39 is 0 Å². The van der Waals surface area contributed by atoms with E-state index in [4.69, 9.17) is 19.3 Å². The number of aliphatic hydroxyl groups is 1. The maximum absolute atomic E-state index is 10.1. The molecule has 3 aromatic carbocycles. The van der Waals surface area contributed by atoms with Gasteiger partial charge in [-0.2, -0.15) is 0 Å². The number of imide groups is 1. The molecule has 0 aliphatic carbocycles. The SMILES string of the molecule is CO.Cc1ccc(OCC2Nc3ccc(Oc4ccccc4N4CCOCC4)cc3N2C)cc1.O=C1CSC(=O)N1. The number of amides is 2. The number of thioether (sulfide) groups is 1. The number of aliphatic hydroxyl groups excluding tert-OH is 1. The van der Waals surface area contributed by atoms with Crippen LogP contribution < -0.4 is 29.9 Å². The molecule has 0 aromatic heterocycles. The van der Waals surface area contributed by atoms with Gasteiger partial charge >= 0.3 is 0 Å². The molecule has 2 fully saturated rings. The van der Waals surface area contributed by atoms with E-state index in [0.717, 1.165) is 79.5 Å². The lowest BCUT2D eigenvalue weighted by atomic mass is 10.2. The highest BCUT2D eigenvalue weighted by Gasteiger charge is 2.27. The maximum Gasteiger partial charge on any atom is 0.286 e. The van der Waals surface area contributed by atoms with E-state index in [2.05, 4.69) is 70.8 Å². The van der Waals surface area contributed by atoms with E-state index in [1.807, 2.05) is 30.3 Å². The lowest BCUT2D eigenvalue weighted by Crippen LogP contribution is -2.37. The smallest absolute Gasteiger partial charge is 0.286 e. The fraction of sp³-hybridized carbons (Fsp3) is 0.333. The maximum atomic E-state index is 10.1. The Hall–Kier alpha value is -3.93. The van der Waals surface area contributed by atoms with Gasteiger partial charge in [-0.15, -0.1) is 0 Å². The molecular formula is C30H36N4O6S. The molecule has 3 aliphatic rings. The van der Waals surface area contributed by atoms with Crippen molar-refractivity contribution in [1.29, 1.82) is 0 Å². The number of nitrogens with zero attached hydrogens (tertiary/aromatic N) is 2. The molecule has 3 heterocycles. The number of nitrogens with one attached hydrogen (secondary N) is 2. The predicted molar refractivity (Wildman–Crippen MR) is 163 cm³/mol. The molecule has 218 valence electrons. The van der Waals surface area contributed by atoms with Crippen molar-refractivity contribution < 1.29 is 28.9 Å². The monoisotopic (exact) mass is 580 g/mol. The number of likely N-dealkylation sites (N-methyl/N-ethyl adjacent to an activating group) is 1. The van der Waals surface area contributed by atoms with Crippen molar-refractivity contribution in [2.75, 3.05) is 67.9 Å². The first-order chi connectivity index (χ1) is 20.0. The summed E-state index contributed by atoms with van der Waals surface area (Å²) in [6.45, 7) is 5.86. The minimum absolute atomic E-state index is 0.0576. The van der Waals surface area contributed by atoms with Gasteiger partial charge in [-0.3, -0.25) is 14.9 Å². The van der Waals surface area contributed by atoms with Crippen LogP contribution in [0.1, 0.15) is 5.56 Å². The second-order valence-electron chi connectivity index (χ2n) is 9.37. The molecule has 6 rings (SSSR count). The summed E-state index contributed by atoms with van der Waals surface area (Å²) in [6, 6.07) is 22.5. The summed E-state index contributed by atoms with van der Waals surface area (Å²) < 4.78 is 17.8. The Morgan fingerprint density at radius 1 is 0.976 bits per heavy atom. The second-order valence-corrected chi connectivity index (χ2v) is 10.3. The van der Waals surface area contributed by atoms with Gasteiger partial charge in [0.2, 0.25) is 5.91 Å². The van der Waals surface area contributed by atoms with Gasteiger partial charge in [0.25, 0.3) is 5.24 Å². The van der Waals surface area contributed by atoms with Gasteiger partial charge < -0.3 is 34.4 Å².